The number of aromatic nitrogens is 1. The first kappa shape index (κ1) is 16.2. The zero-order valence-electron chi connectivity index (χ0n) is 13.4. The molecule has 1 aliphatic heterocycles. The highest BCUT2D eigenvalue weighted by Crippen LogP contribution is 2.21. The number of hydrogen-bond donors (Lipinski definition) is 1. The van der Waals surface area contributed by atoms with Crippen molar-refractivity contribution in [2.75, 3.05) is 33.2 Å². The standard InChI is InChI=1S/C17H19FN4O2/c1-21-7-9-22(10-8-21)17(20-23)13-5-6-19-16(11-13)24-15-4-2-3-14(18)12-15/h2-6,11-12,23H,7-10H2,1H3/b20-17-. The van der Waals surface area contributed by atoms with Crippen molar-refractivity contribution in [2.24, 2.45) is 5.16 Å². The van der Waals surface area contributed by atoms with Crippen molar-refractivity contribution in [1.82, 2.24) is 14.8 Å². The van der Waals surface area contributed by atoms with Crippen LogP contribution in [0.3, 0.4) is 0 Å². The molecule has 0 spiro atoms. The molecular weight excluding hydrogens is 311 g/mol. The summed E-state index contributed by atoms with van der Waals surface area (Å²) in [5.41, 5.74) is 0.698. The Hall–Kier alpha value is -2.67. The molecule has 1 saturated heterocycles. The first-order valence-corrected chi connectivity index (χ1v) is 7.71. The highest BCUT2D eigenvalue weighted by atomic mass is 19.1. The number of halogens is 1. The minimum absolute atomic E-state index is 0.313. The minimum atomic E-state index is -0.376. The molecule has 0 unspecified atom stereocenters. The van der Waals surface area contributed by atoms with Crippen molar-refractivity contribution in [3.8, 4) is 11.6 Å². The minimum Gasteiger partial charge on any atom is -0.439 e. The molecule has 1 fully saturated rings. The smallest absolute Gasteiger partial charge is 0.219 e. The molecule has 3 rings (SSSR count). The Labute approximate surface area is 139 Å². The maximum absolute atomic E-state index is 13.2. The maximum atomic E-state index is 13.2. The molecule has 1 aromatic carbocycles. The summed E-state index contributed by atoms with van der Waals surface area (Å²) in [6.45, 7) is 3.35. The summed E-state index contributed by atoms with van der Waals surface area (Å²) in [4.78, 5) is 8.36. The number of hydrogen-bond acceptors (Lipinski definition) is 5. The van der Waals surface area contributed by atoms with E-state index >= 15 is 0 Å². The Balaban J connectivity index is 1.78. The fourth-order valence-corrected chi connectivity index (χ4v) is 2.58. The number of ether oxygens (including phenoxy) is 1. The normalized spacial score (nSPS) is 16.2. The third-order valence-electron chi connectivity index (χ3n) is 3.91. The first-order chi connectivity index (χ1) is 11.7. The highest BCUT2D eigenvalue weighted by molar-refractivity contribution is 5.98. The van der Waals surface area contributed by atoms with Gasteiger partial charge in [0, 0.05) is 50.1 Å². The molecule has 7 heteroatoms. The fourth-order valence-electron chi connectivity index (χ4n) is 2.58. The van der Waals surface area contributed by atoms with Gasteiger partial charge in [0.25, 0.3) is 0 Å². The van der Waals surface area contributed by atoms with Gasteiger partial charge in [-0.3, -0.25) is 0 Å². The van der Waals surface area contributed by atoms with Crippen molar-refractivity contribution in [3.05, 3.63) is 54.0 Å². The highest BCUT2D eigenvalue weighted by Gasteiger charge is 2.20. The summed E-state index contributed by atoms with van der Waals surface area (Å²) in [6, 6.07) is 9.29. The lowest BCUT2D eigenvalue weighted by Crippen LogP contribution is -2.47. The van der Waals surface area contributed by atoms with Crippen LogP contribution < -0.4 is 4.74 Å². The Morgan fingerprint density at radius 1 is 1.21 bits per heavy atom. The van der Waals surface area contributed by atoms with E-state index in [-0.39, 0.29) is 5.82 Å². The van der Waals surface area contributed by atoms with Crippen molar-refractivity contribution in [1.29, 1.82) is 0 Å². The molecule has 126 valence electrons. The quantitative estimate of drug-likeness (QED) is 0.405. The van der Waals surface area contributed by atoms with E-state index in [4.69, 9.17) is 4.74 Å². The molecule has 2 heterocycles. The monoisotopic (exact) mass is 330 g/mol. The van der Waals surface area contributed by atoms with Crippen LogP contribution in [-0.2, 0) is 0 Å². The number of piperazine rings is 1. The second kappa shape index (κ2) is 7.27. The lowest BCUT2D eigenvalue weighted by Gasteiger charge is -2.34. The first-order valence-electron chi connectivity index (χ1n) is 7.71. The zero-order valence-corrected chi connectivity index (χ0v) is 13.4. The number of likely N-dealkylation sites (N-methyl/N-ethyl adjacent to an activating group) is 1. The number of benzene rings is 1. The van der Waals surface area contributed by atoms with Gasteiger partial charge in [0.15, 0.2) is 5.84 Å². The lowest BCUT2D eigenvalue weighted by molar-refractivity contribution is 0.208. The molecule has 0 aliphatic carbocycles. The molecular formula is C17H19FN4O2. The molecule has 0 saturated carbocycles. The van der Waals surface area contributed by atoms with Crippen LogP contribution in [-0.4, -0.2) is 59.1 Å². The third kappa shape index (κ3) is 3.80. The Bertz CT molecular complexity index is 730. The second-order valence-electron chi connectivity index (χ2n) is 5.66. The average Bonchev–Trinajstić information content (AvgIpc) is 2.58. The van der Waals surface area contributed by atoms with Crippen LogP contribution >= 0.6 is 0 Å². The van der Waals surface area contributed by atoms with Gasteiger partial charge in [-0.1, -0.05) is 11.2 Å². The summed E-state index contributed by atoms with van der Waals surface area (Å²) >= 11 is 0. The molecule has 0 amide bonds. The van der Waals surface area contributed by atoms with Gasteiger partial charge >= 0.3 is 0 Å². The summed E-state index contributed by atoms with van der Waals surface area (Å²) in [5, 5.41) is 12.9. The van der Waals surface area contributed by atoms with Gasteiger partial charge in [-0.05, 0) is 25.2 Å². The number of pyridine rings is 1. The van der Waals surface area contributed by atoms with Crippen LogP contribution in [0, 0.1) is 5.82 Å². The van der Waals surface area contributed by atoms with Gasteiger partial charge in [0.05, 0.1) is 0 Å². The molecule has 24 heavy (non-hydrogen) atoms. The molecule has 1 aromatic heterocycles. The van der Waals surface area contributed by atoms with Gasteiger partial charge in [-0.25, -0.2) is 9.37 Å². The molecule has 6 nitrogen and oxygen atoms in total. The molecule has 2 aromatic rings. The second-order valence-corrected chi connectivity index (χ2v) is 5.66. The van der Waals surface area contributed by atoms with Gasteiger partial charge in [0.2, 0.25) is 5.88 Å². The van der Waals surface area contributed by atoms with Gasteiger partial charge in [-0.15, -0.1) is 0 Å². The predicted octanol–water partition coefficient (Wildman–Crippen LogP) is 2.40. The average molecular weight is 330 g/mol. The van der Waals surface area contributed by atoms with Gasteiger partial charge in [-0.2, -0.15) is 0 Å². The SMILES string of the molecule is CN1CCN(/C(=N\O)c2ccnc(Oc3cccc(F)c3)c2)CC1. The van der Waals surface area contributed by atoms with E-state index in [9.17, 15) is 9.60 Å². The summed E-state index contributed by atoms with van der Waals surface area (Å²) in [5.74, 6) is 0.781. The largest absolute Gasteiger partial charge is 0.439 e. The van der Waals surface area contributed by atoms with Crippen LogP contribution in [0.2, 0.25) is 0 Å². The van der Waals surface area contributed by atoms with Crippen LogP contribution in [0.15, 0.2) is 47.8 Å². The van der Waals surface area contributed by atoms with Crippen LogP contribution in [0.1, 0.15) is 5.56 Å². The Kier molecular flexibility index (Phi) is 4.90. The molecule has 0 bridgehead atoms. The van der Waals surface area contributed by atoms with Crippen LogP contribution in [0.25, 0.3) is 0 Å². The van der Waals surface area contributed by atoms with Crippen molar-refractivity contribution in [3.63, 3.8) is 0 Å². The molecule has 1 N–H and O–H groups in total. The predicted molar refractivity (Wildman–Crippen MR) is 88.1 cm³/mol. The summed E-state index contributed by atoms with van der Waals surface area (Å²) < 4.78 is 18.8. The van der Waals surface area contributed by atoms with Crippen molar-refractivity contribution in [2.45, 2.75) is 0 Å². The van der Waals surface area contributed by atoms with E-state index in [1.807, 2.05) is 4.90 Å². The van der Waals surface area contributed by atoms with E-state index in [2.05, 4.69) is 22.1 Å². The third-order valence-corrected chi connectivity index (χ3v) is 3.91. The van der Waals surface area contributed by atoms with Gasteiger partial charge in [0.1, 0.15) is 11.6 Å². The zero-order chi connectivity index (χ0) is 16.9. The van der Waals surface area contributed by atoms with Gasteiger partial charge < -0.3 is 19.7 Å². The van der Waals surface area contributed by atoms with Crippen LogP contribution in [0.4, 0.5) is 4.39 Å². The van der Waals surface area contributed by atoms with Crippen molar-refractivity contribution < 1.29 is 14.3 Å². The number of rotatable bonds is 3. The van der Waals surface area contributed by atoms with Crippen molar-refractivity contribution >= 4 is 5.84 Å². The number of oxime groups is 1. The maximum Gasteiger partial charge on any atom is 0.219 e. The van der Waals surface area contributed by atoms with E-state index in [0.29, 0.717) is 23.0 Å². The fraction of sp³-hybridized carbons (Fsp3) is 0.294. The summed E-state index contributed by atoms with van der Waals surface area (Å²) in [7, 11) is 2.06. The molecule has 0 radical (unpaired) electrons. The number of nitrogens with zero attached hydrogens (tertiary/aromatic N) is 4. The summed E-state index contributed by atoms with van der Waals surface area (Å²) in [6.07, 6.45) is 1.57. The lowest BCUT2D eigenvalue weighted by atomic mass is 10.2. The van der Waals surface area contributed by atoms with Crippen LogP contribution in [0.5, 0.6) is 11.6 Å². The van der Waals surface area contributed by atoms with E-state index < -0.39 is 0 Å². The van der Waals surface area contributed by atoms with E-state index in [1.54, 1.807) is 30.5 Å². The Morgan fingerprint density at radius 3 is 2.71 bits per heavy atom. The number of amidine groups is 1. The Morgan fingerprint density at radius 2 is 2.00 bits per heavy atom. The topological polar surface area (TPSA) is 61.2 Å². The van der Waals surface area contributed by atoms with E-state index in [1.165, 1.54) is 12.1 Å². The molecule has 1 aliphatic rings. The van der Waals surface area contributed by atoms with E-state index in [0.717, 1.165) is 26.2 Å². The molecule has 0 atom stereocenters.